The first kappa shape index (κ1) is 27.5. The second-order valence-electron chi connectivity index (χ2n) is 12.5. The first-order valence-corrected chi connectivity index (χ1v) is 16.4. The molecule has 4 nitrogen and oxygen atoms in total. The fourth-order valence-electron chi connectivity index (χ4n) is 6.98. The zero-order valence-electron chi connectivity index (χ0n) is 26.3. The molecule has 0 saturated carbocycles. The zero-order valence-corrected chi connectivity index (χ0v) is 26.3. The Kier molecular flexibility index (Phi) is 6.15. The van der Waals surface area contributed by atoms with Gasteiger partial charge in [0.25, 0.3) is 0 Å². The number of furan rings is 1. The van der Waals surface area contributed by atoms with Crippen LogP contribution in [0.25, 0.3) is 99.5 Å². The lowest BCUT2D eigenvalue weighted by Crippen LogP contribution is -2.00. The molecular formula is C45H27N3O. The summed E-state index contributed by atoms with van der Waals surface area (Å²) in [5, 5.41) is 8.93. The summed E-state index contributed by atoms with van der Waals surface area (Å²) < 4.78 is 6.43. The van der Waals surface area contributed by atoms with Gasteiger partial charge in [-0.2, -0.15) is 0 Å². The fourth-order valence-corrected chi connectivity index (χ4v) is 6.98. The number of fused-ring (bicyclic) bond motifs is 6. The summed E-state index contributed by atoms with van der Waals surface area (Å²) in [5.74, 6) is 1.85. The Morgan fingerprint density at radius 1 is 0.327 bits per heavy atom. The van der Waals surface area contributed by atoms with Gasteiger partial charge in [-0.25, -0.2) is 15.0 Å². The first-order valence-electron chi connectivity index (χ1n) is 16.4. The van der Waals surface area contributed by atoms with Crippen LogP contribution in [0.4, 0.5) is 0 Å². The van der Waals surface area contributed by atoms with Gasteiger partial charge in [0.15, 0.2) is 17.5 Å². The third kappa shape index (κ3) is 4.73. The number of hydrogen-bond donors (Lipinski definition) is 0. The molecule has 0 unspecified atom stereocenters. The van der Waals surface area contributed by atoms with Crippen molar-refractivity contribution in [3.63, 3.8) is 0 Å². The largest absolute Gasteiger partial charge is 0.456 e. The van der Waals surface area contributed by atoms with Crippen molar-refractivity contribution in [1.82, 2.24) is 15.0 Å². The maximum Gasteiger partial charge on any atom is 0.164 e. The SMILES string of the molecule is c1ccc(-c2ccc3ccc(-c4nc(-c5ccc6ccccc6c5)nc(-c5cccc6oc7cc8ccccc8cc7c56)n4)cc3c2)cc1. The van der Waals surface area contributed by atoms with Crippen LogP contribution in [0.3, 0.4) is 0 Å². The summed E-state index contributed by atoms with van der Waals surface area (Å²) in [7, 11) is 0. The van der Waals surface area contributed by atoms with Crippen LogP contribution in [0.15, 0.2) is 168 Å². The summed E-state index contributed by atoms with van der Waals surface area (Å²) >= 11 is 0. The molecule has 0 atom stereocenters. The number of benzene rings is 8. The van der Waals surface area contributed by atoms with E-state index in [1.165, 1.54) is 16.5 Å². The van der Waals surface area contributed by atoms with Crippen molar-refractivity contribution in [3.8, 4) is 45.3 Å². The molecule has 0 spiro atoms. The smallest absolute Gasteiger partial charge is 0.164 e. The zero-order chi connectivity index (χ0) is 32.3. The van der Waals surface area contributed by atoms with E-state index >= 15 is 0 Å². The highest BCUT2D eigenvalue weighted by Gasteiger charge is 2.19. The summed E-state index contributed by atoms with van der Waals surface area (Å²) in [4.78, 5) is 15.5. The molecule has 0 N–H and O–H groups in total. The maximum absolute atomic E-state index is 6.43. The maximum atomic E-state index is 6.43. The van der Waals surface area contributed by atoms with E-state index in [9.17, 15) is 0 Å². The van der Waals surface area contributed by atoms with Crippen molar-refractivity contribution in [2.45, 2.75) is 0 Å². The van der Waals surface area contributed by atoms with Crippen molar-refractivity contribution in [3.05, 3.63) is 164 Å². The molecule has 49 heavy (non-hydrogen) atoms. The van der Waals surface area contributed by atoms with Gasteiger partial charge in [0, 0.05) is 27.5 Å². The van der Waals surface area contributed by atoms with Gasteiger partial charge in [-0.15, -0.1) is 0 Å². The molecule has 0 saturated heterocycles. The molecular weight excluding hydrogens is 599 g/mol. The third-order valence-corrected chi connectivity index (χ3v) is 9.45. The van der Waals surface area contributed by atoms with Crippen LogP contribution in [0.2, 0.25) is 0 Å². The van der Waals surface area contributed by atoms with Gasteiger partial charge in [-0.05, 0) is 79.8 Å². The predicted molar refractivity (Wildman–Crippen MR) is 201 cm³/mol. The molecule has 0 radical (unpaired) electrons. The van der Waals surface area contributed by atoms with Gasteiger partial charge < -0.3 is 4.42 Å². The third-order valence-electron chi connectivity index (χ3n) is 9.45. The minimum atomic E-state index is 0.604. The number of rotatable bonds is 4. The molecule has 228 valence electrons. The van der Waals surface area contributed by atoms with Gasteiger partial charge in [-0.1, -0.05) is 127 Å². The van der Waals surface area contributed by atoms with Crippen molar-refractivity contribution >= 4 is 54.3 Å². The minimum absolute atomic E-state index is 0.604. The van der Waals surface area contributed by atoms with Gasteiger partial charge in [0.05, 0.1) is 0 Å². The molecule has 0 fully saturated rings. The molecule has 4 heteroatoms. The summed E-state index contributed by atoms with van der Waals surface area (Å²) in [6.07, 6.45) is 0. The van der Waals surface area contributed by atoms with E-state index in [1.54, 1.807) is 0 Å². The van der Waals surface area contributed by atoms with Crippen LogP contribution < -0.4 is 0 Å². The molecule has 0 aliphatic heterocycles. The lowest BCUT2D eigenvalue weighted by molar-refractivity contribution is 0.669. The number of aromatic nitrogens is 3. The van der Waals surface area contributed by atoms with Crippen LogP contribution in [-0.4, -0.2) is 15.0 Å². The molecule has 0 amide bonds. The van der Waals surface area contributed by atoms with Crippen LogP contribution in [-0.2, 0) is 0 Å². The monoisotopic (exact) mass is 625 g/mol. The van der Waals surface area contributed by atoms with E-state index < -0.39 is 0 Å². The van der Waals surface area contributed by atoms with E-state index in [-0.39, 0.29) is 0 Å². The average molecular weight is 626 g/mol. The van der Waals surface area contributed by atoms with Gasteiger partial charge >= 0.3 is 0 Å². The minimum Gasteiger partial charge on any atom is -0.456 e. The Bertz CT molecular complexity index is 2890. The Morgan fingerprint density at radius 2 is 0.878 bits per heavy atom. The quantitative estimate of drug-likeness (QED) is 0.195. The lowest BCUT2D eigenvalue weighted by atomic mass is 9.99. The van der Waals surface area contributed by atoms with Gasteiger partial charge in [0.1, 0.15) is 11.2 Å². The highest BCUT2D eigenvalue weighted by Crippen LogP contribution is 2.39. The van der Waals surface area contributed by atoms with Crippen molar-refractivity contribution in [1.29, 1.82) is 0 Å². The number of nitrogens with zero attached hydrogens (tertiary/aromatic N) is 3. The Balaban J connectivity index is 1.20. The van der Waals surface area contributed by atoms with E-state index in [2.05, 4.69) is 146 Å². The lowest BCUT2D eigenvalue weighted by Gasteiger charge is -2.11. The average Bonchev–Trinajstić information content (AvgIpc) is 3.54. The topological polar surface area (TPSA) is 51.8 Å². The van der Waals surface area contributed by atoms with Gasteiger partial charge in [-0.3, -0.25) is 0 Å². The summed E-state index contributed by atoms with van der Waals surface area (Å²) in [6.45, 7) is 0. The second kappa shape index (κ2) is 11.0. The molecule has 10 rings (SSSR count). The number of hydrogen-bond acceptors (Lipinski definition) is 4. The van der Waals surface area contributed by atoms with Crippen LogP contribution in [0.1, 0.15) is 0 Å². The van der Waals surface area contributed by atoms with E-state index in [0.29, 0.717) is 17.5 Å². The molecule has 2 aromatic heterocycles. The highest BCUT2D eigenvalue weighted by atomic mass is 16.3. The van der Waals surface area contributed by atoms with Crippen molar-refractivity contribution in [2.24, 2.45) is 0 Å². The van der Waals surface area contributed by atoms with Crippen molar-refractivity contribution in [2.75, 3.05) is 0 Å². The summed E-state index contributed by atoms with van der Waals surface area (Å²) in [5.41, 5.74) is 6.77. The molecule has 0 bridgehead atoms. The predicted octanol–water partition coefficient (Wildman–Crippen LogP) is 11.9. The normalized spacial score (nSPS) is 11.7. The van der Waals surface area contributed by atoms with Crippen LogP contribution >= 0.6 is 0 Å². The van der Waals surface area contributed by atoms with E-state index in [4.69, 9.17) is 19.4 Å². The highest BCUT2D eigenvalue weighted by molar-refractivity contribution is 6.15. The molecule has 10 aromatic rings. The molecule has 0 aliphatic rings. The Morgan fingerprint density at radius 3 is 1.61 bits per heavy atom. The molecule has 0 aliphatic carbocycles. The fraction of sp³-hybridized carbons (Fsp3) is 0. The van der Waals surface area contributed by atoms with Crippen LogP contribution in [0, 0.1) is 0 Å². The van der Waals surface area contributed by atoms with Gasteiger partial charge in [0.2, 0.25) is 0 Å². The molecule has 2 heterocycles. The van der Waals surface area contributed by atoms with Crippen molar-refractivity contribution < 1.29 is 4.42 Å². The van der Waals surface area contributed by atoms with E-state index in [0.717, 1.165) is 65.6 Å². The Hall–Kier alpha value is -6.65. The standard InChI is InChI=1S/C45H27N3O/c1-2-9-28(10-3-1)34-20-17-30-19-22-36(25-37(30)24-34)44-46-43(35-21-18-29-11-4-5-12-31(29)23-35)47-45(48-44)38-15-8-16-40-42(38)39-26-32-13-6-7-14-33(32)27-41(39)49-40/h1-27H. The second-order valence-corrected chi connectivity index (χ2v) is 12.5. The molecule has 8 aromatic carbocycles. The van der Waals surface area contributed by atoms with Crippen LogP contribution in [0.5, 0.6) is 0 Å². The van der Waals surface area contributed by atoms with E-state index in [1.807, 2.05) is 18.2 Å². The first-order chi connectivity index (χ1) is 24.2. The summed E-state index contributed by atoms with van der Waals surface area (Å²) in [6, 6.07) is 57.1. The Labute approximate surface area is 282 Å².